The molecular formula is C39H54FN5O3. The van der Waals surface area contributed by atoms with Gasteiger partial charge in [-0.15, -0.1) is 0 Å². The molecule has 6 rings (SSSR count). The highest BCUT2D eigenvalue weighted by atomic mass is 19.1. The van der Waals surface area contributed by atoms with Crippen LogP contribution in [0, 0.1) is 18.2 Å². The molecule has 3 saturated heterocycles. The van der Waals surface area contributed by atoms with Crippen molar-refractivity contribution in [1.82, 2.24) is 24.7 Å². The number of ether oxygens (including phenoxy) is 1. The topological polar surface area (TPSA) is 79.7 Å². The van der Waals surface area contributed by atoms with E-state index in [4.69, 9.17) is 9.72 Å². The molecule has 3 aliphatic heterocycles. The minimum Gasteiger partial charge on any atom is -0.444 e. The fourth-order valence-corrected chi connectivity index (χ4v) is 8.70. The Bertz CT molecular complexity index is 1620. The van der Waals surface area contributed by atoms with Crippen LogP contribution in [0.15, 0.2) is 48.5 Å². The molecule has 0 spiro atoms. The summed E-state index contributed by atoms with van der Waals surface area (Å²) < 4.78 is 22.7. The molecule has 0 saturated carbocycles. The molecule has 2 aromatic carbocycles. The minimum atomic E-state index is -0.720. The van der Waals surface area contributed by atoms with Crippen molar-refractivity contribution in [3.8, 4) is 0 Å². The monoisotopic (exact) mass is 659 g/mol. The summed E-state index contributed by atoms with van der Waals surface area (Å²) in [4.78, 5) is 36.2. The number of para-hydroxylation sites is 2. The SMILES string of the molecule is Cc1nc2ccccc2n1C1CC2CCC(C1)N2CCC1(c2cccc(F)c2)CCN(C(=O)[C@@H](NC(=O)OC(C)(C)C)C(C)(C)C)CC1. The fourth-order valence-electron chi connectivity index (χ4n) is 8.70. The number of carbonyl (C=O) groups excluding carboxylic acids is 2. The molecule has 8 nitrogen and oxygen atoms in total. The van der Waals surface area contributed by atoms with E-state index in [9.17, 15) is 14.0 Å². The zero-order chi connectivity index (χ0) is 34.4. The molecule has 48 heavy (non-hydrogen) atoms. The molecular weight excluding hydrogens is 605 g/mol. The van der Waals surface area contributed by atoms with Gasteiger partial charge in [-0.2, -0.15) is 0 Å². The Morgan fingerprint density at radius 3 is 2.27 bits per heavy atom. The number of piperidine rings is 2. The van der Waals surface area contributed by atoms with Gasteiger partial charge in [-0.25, -0.2) is 14.2 Å². The number of rotatable bonds is 7. The summed E-state index contributed by atoms with van der Waals surface area (Å²) in [5, 5.41) is 2.87. The van der Waals surface area contributed by atoms with Gasteiger partial charge in [-0.05, 0) is 120 Å². The molecule has 2 bridgehead atoms. The third-order valence-electron chi connectivity index (χ3n) is 11.1. The molecule has 2 amide bonds. The summed E-state index contributed by atoms with van der Waals surface area (Å²) in [5.41, 5.74) is 1.93. The lowest BCUT2D eigenvalue weighted by molar-refractivity contribution is -0.138. The second-order valence-corrected chi connectivity index (χ2v) is 16.6. The number of alkyl carbamates (subject to hydrolysis) is 1. The van der Waals surface area contributed by atoms with E-state index in [1.807, 2.05) is 52.5 Å². The van der Waals surface area contributed by atoms with Crippen molar-refractivity contribution in [3.63, 3.8) is 0 Å². The van der Waals surface area contributed by atoms with Crippen molar-refractivity contribution in [2.75, 3.05) is 19.6 Å². The number of amides is 2. The molecule has 9 heteroatoms. The fraction of sp³-hybridized carbons (Fsp3) is 0.615. The Morgan fingerprint density at radius 1 is 0.979 bits per heavy atom. The van der Waals surface area contributed by atoms with Crippen LogP contribution in [0.3, 0.4) is 0 Å². The number of aryl methyl sites for hydroxylation is 1. The van der Waals surface area contributed by atoms with Crippen molar-refractivity contribution >= 4 is 23.0 Å². The van der Waals surface area contributed by atoms with Crippen molar-refractivity contribution in [2.24, 2.45) is 5.41 Å². The zero-order valence-corrected chi connectivity index (χ0v) is 29.9. The largest absolute Gasteiger partial charge is 0.444 e. The van der Waals surface area contributed by atoms with E-state index in [0.29, 0.717) is 31.2 Å². The highest BCUT2D eigenvalue weighted by Gasteiger charge is 2.45. The van der Waals surface area contributed by atoms with Crippen LogP contribution in [0.4, 0.5) is 9.18 Å². The number of halogens is 1. The number of imidazole rings is 1. The van der Waals surface area contributed by atoms with E-state index in [0.717, 1.165) is 55.6 Å². The molecule has 3 fully saturated rings. The van der Waals surface area contributed by atoms with E-state index in [1.54, 1.807) is 6.07 Å². The van der Waals surface area contributed by atoms with E-state index >= 15 is 0 Å². The lowest BCUT2D eigenvalue weighted by Gasteiger charge is -2.46. The number of fused-ring (bicyclic) bond motifs is 3. The van der Waals surface area contributed by atoms with Gasteiger partial charge < -0.3 is 19.5 Å². The molecule has 3 aliphatic rings. The van der Waals surface area contributed by atoms with Crippen LogP contribution in [0.2, 0.25) is 0 Å². The summed E-state index contributed by atoms with van der Waals surface area (Å²) in [6.45, 7) is 15.5. The Morgan fingerprint density at radius 2 is 1.65 bits per heavy atom. The highest BCUT2D eigenvalue weighted by Crippen LogP contribution is 2.45. The quantitative estimate of drug-likeness (QED) is 0.284. The lowest BCUT2D eigenvalue weighted by atomic mass is 9.70. The van der Waals surface area contributed by atoms with Crippen LogP contribution in [0.25, 0.3) is 11.0 Å². The van der Waals surface area contributed by atoms with Gasteiger partial charge in [-0.1, -0.05) is 45.0 Å². The zero-order valence-electron chi connectivity index (χ0n) is 29.9. The first-order valence-electron chi connectivity index (χ1n) is 17.9. The van der Waals surface area contributed by atoms with E-state index < -0.39 is 23.2 Å². The second-order valence-electron chi connectivity index (χ2n) is 16.6. The first-order chi connectivity index (χ1) is 22.6. The molecule has 3 aromatic rings. The number of hydrogen-bond acceptors (Lipinski definition) is 5. The van der Waals surface area contributed by atoms with Gasteiger partial charge in [0.1, 0.15) is 23.3 Å². The van der Waals surface area contributed by atoms with Gasteiger partial charge in [0.05, 0.1) is 11.0 Å². The number of hydrogen-bond donors (Lipinski definition) is 1. The molecule has 3 atom stereocenters. The summed E-state index contributed by atoms with van der Waals surface area (Å²) in [6, 6.07) is 16.3. The van der Waals surface area contributed by atoms with E-state index in [2.05, 4.69) is 52.0 Å². The third-order valence-corrected chi connectivity index (χ3v) is 11.1. The van der Waals surface area contributed by atoms with Gasteiger partial charge in [0, 0.05) is 31.2 Å². The van der Waals surface area contributed by atoms with Gasteiger partial charge >= 0.3 is 6.09 Å². The Kier molecular flexibility index (Phi) is 9.39. The second kappa shape index (κ2) is 13.1. The normalized spacial score (nSPS) is 23.7. The van der Waals surface area contributed by atoms with Gasteiger partial charge in [0.2, 0.25) is 5.91 Å². The molecule has 4 heterocycles. The van der Waals surface area contributed by atoms with Crippen LogP contribution in [-0.4, -0.2) is 74.7 Å². The van der Waals surface area contributed by atoms with Crippen molar-refractivity contribution in [2.45, 2.75) is 129 Å². The summed E-state index contributed by atoms with van der Waals surface area (Å²) in [6.07, 6.45) is 6.48. The van der Waals surface area contributed by atoms with Crippen LogP contribution in [-0.2, 0) is 14.9 Å². The molecule has 0 radical (unpaired) electrons. The number of carbonyl (C=O) groups is 2. The summed E-state index contributed by atoms with van der Waals surface area (Å²) in [7, 11) is 0. The van der Waals surface area contributed by atoms with E-state index in [-0.39, 0.29) is 17.1 Å². The number of nitrogens with one attached hydrogen (secondary N) is 1. The number of aromatic nitrogens is 2. The van der Waals surface area contributed by atoms with E-state index in [1.165, 1.54) is 24.4 Å². The average molecular weight is 660 g/mol. The molecule has 1 N–H and O–H groups in total. The summed E-state index contributed by atoms with van der Waals surface area (Å²) in [5.74, 6) is 0.780. The lowest BCUT2D eigenvalue weighted by Crippen LogP contribution is -2.58. The average Bonchev–Trinajstić information content (AvgIpc) is 3.47. The van der Waals surface area contributed by atoms with Gasteiger partial charge in [0.15, 0.2) is 0 Å². The molecule has 2 unspecified atom stereocenters. The van der Waals surface area contributed by atoms with Gasteiger partial charge in [0.25, 0.3) is 0 Å². The number of benzene rings is 2. The predicted octanol–water partition coefficient (Wildman–Crippen LogP) is 7.54. The van der Waals surface area contributed by atoms with Crippen LogP contribution >= 0.6 is 0 Å². The maximum absolute atomic E-state index is 14.7. The molecule has 0 aliphatic carbocycles. The van der Waals surface area contributed by atoms with Crippen LogP contribution in [0.5, 0.6) is 0 Å². The Hall–Kier alpha value is -3.46. The maximum Gasteiger partial charge on any atom is 0.408 e. The van der Waals surface area contributed by atoms with Gasteiger partial charge in [-0.3, -0.25) is 9.69 Å². The Balaban J connectivity index is 1.16. The number of nitrogens with zero attached hydrogens (tertiary/aromatic N) is 4. The molecule has 260 valence electrons. The van der Waals surface area contributed by atoms with Crippen LogP contribution < -0.4 is 5.32 Å². The maximum atomic E-state index is 14.7. The summed E-state index contributed by atoms with van der Waals surface area (Å²) >= 11 is 0. The predicted molar refractivity (Wildman–Crippen MR) is 187 cm³/mol. The Labute approximate surface area is 285 Å². The smallest absolute Gasteiger partial charge is 0.408 e. The molecule has 1 aromatic heterocycles. The van der Waals surface area contributed by atoms with Crippen molar-refractivity contribution < 1.29 is 18.7 Å². The highest BCUT2D eigenvalue weighted by molar-refractivity contribution is 5.86. The van der Waals surface area contributed by atoms with Crippen molar-refractivity contribution in [3.05, 3.63) is 65.7 Å². The van der Waals surface area contributed by atoms with Crippen molar-refractivity contribution in [1.29, 1.82) is 0 Å². The third kappa shape index (κ3) is 7.12. The standard InChI is InChI=1S/C39H54FN5O3/c1-26-41-32-13-8-9-14-33(32)45(26)31-24-29-15-16-30(25-31)44(29)22-19-39(27-11-10-12-28(40)23-27)17-20-43(21-18-39)35(46)34(37(2,3)4)42-36(47)48-38(5,6)7/h8-14,23,29-31,34H,15-22,24-25H2,1-7H3,(H,42,47)/t29?,30?,31?,34-/m1/s1. The minimum absolute atomic E-state index is 0.0939. The number of likely N-dealkylation sites (tertiary alicyclic amines) is 1. The first kappa shape index (κ1) is 34.4. The first-order valence-corrected chi connectivity index (χ1v) is 17.9. The van der Waals surface area contributed by atoms with Crippen LogP contribution in [0.1, 0.15) is 104 Å².